The van der Waals surface area contributed by atoms with Crippen LogP contribution in [-0.2, 0) is 4.74 Å². The van der Waals surface area contributed by atoms with E-state index in [1.807, 2.05) is 19.1 Å². The predicted octanol–water partition coefficient (Wildman–Crippen LogP) is 3.25. The zero-order chi connectivity index (χ0) is 15.7. The molecule has 2 aromatic rings. The van der Waals surface area contributed by atoms with Crippen molar-refractivity contribution < 1.29 is 4.74 Å². The molecule has 0 radical (unpaired) electrons. The van der Waals surface area contributed by atoms with Crippen LogP contribution in [-0.4, -0.2) is 29.7 Å². The van der Waals surface area contributed by atoms with Crippen molar-refractivity contribution in [1.29, 1.82) is 0 Å². The second-order valence-corrected chi connectivity index (χ2v) is 6.03. The summed E-state index contributed by atoms with van der Waals surface area (Å²) in [7, 11) is 0. The molecule has 0 saturated carbocycles. The summed E-state index contributed by atoms with van der Waals surface area (Å²) < 4.78 is 5.83. The summed E-state index contributed by atoms with van der Waals surface area (Å²) >= 11 is 12.0. The second-order valence-electron chi connectivity index (χ2n) is 5.22. The first-order chi connectivity index (χ1) is 10.5. The smallest absolute Gasteiger partial charge is 0.227 e. The quantitative estimate of drug-likeness (QED) is 0.910. The maximum absolute atomic E-state index is 6.08. The van der Waals surface area contributed by atoms with Crippen LogP contribution in [0, 0.1) is 6.92 Å². The Morgan fingerprint density at radius 3 is 2.86 bits per heavy atom. The van der Waals surface area contributed by atoms with Crippen LogP contribution in [0.25, 0.3) is 0 Å². The topological polar surface area (TPSA) is 64.3 Å². The van der Waals surface area contributed by atoms with Gasteiger partial charge in [0.15, 0.2) is 0 Å². The molecule has 0 aliphatic carbocycles. The van der Waals surface area contributed by atoms with Crippen molar-refractivity contribution in [2.24, 2.45) is 0 Å². The molecule has 0 amide bonds. The third kappa shape index (κ3) is 3.11. The lowest BCUT2D eigenvalue weighted by molar-refractivity contribution is 0.0392. The fraction of sp³-hybridized carbons (Fsp3) is 0.333. The van der Waals surface area contributed by atoms with Crippen LogP contribution in [0.5, 0.6) is 0 Å². The minimum Gasteiger partial charge on any atom is -0.383 e. The molecule has 0 spiro atoms. The van der Waals surface area contributed by atoms with Crippen LogP contribution in [0.1, 0.15) is 17.2 Å². The summed E-state index contributed by atoms with van der Waals surface area (Å²) in [6.07, 6.45) is 1.64. The highest BCUT2D eigenvalue weighted by Crippen LogP contribution is 2.30. The van der Waals surface area contributed by atoms with Crippen LogP contribution in [0.3, 0.4) is 0 Å². The zero-order valence-electron chi connectivity index (χ0n) is 12.1. The maximum atomic E-state index is 6.08. The van der Waals surface area contributed by atoms with E-state index in [1.54, 1.807) is 12.3 Å². The first-order valence-corrected chi connectivity index (χ1v) is 7.71. The van der Waals surface area contributed by atoms with Crippen molar-refractivity contribution in [3.63, 3.8) is 0 Å². The van der Waals surface area contributed by atoms with Gasteiger partial charge >= 0.3 is 0 Å². The number of ether oxygens (including phenoxy) is 1. The van der Waals surface area contributed by atoms with Crippen molar-refractivity contribution in [2.45, 2.75) is 13.0 Å². The number of aromatic nitrogens is 2. The molecule has 1 saturated heterocycles. The summed E-state index contributed by atoms with van der Waals surface area (Å²) in [5, 5.41) is 1.06. The molecule has 22 heavy (non-hydrogen) atoms. The van der Waals surface area contributed by atoms with E-state index >= 15 is 0 Å². The number of rotatable bonds is 2. The van der Waals surface area contributed by atoms with Gasteiger partial charge in [-0.2, -0.15) is 4.98 Å². The van der Waals surface area contributed by atoms with Crippen molar-refractivity contribution in [3.05, 3.63) is 45.6 Å². The minimum absolute atomic E-state index is 0.102. The third-order valence-electron chi connectivity index (χ3n) is 3.66. The lowest BCUT2D eigenvalue weighted by atomic mass is 10.1. The van der Waals surface area contributed by atoms with Gasteiger partial charge in [-0.1, -0.05) is 29.3 Å². The number of morpholine rings is 1. The van der Waals surface area contributed by atoms with Crippen molar-refractivity contribution in [2.75, 3.05) is 30.3 Å². The normalized spacial score (nSPS) is 18.5. The average Bonchev–Trinajstić information content (AvgIpc) is 2.53. The Kier molecular flexibility index (Phi) is 4.38. The van der Waals surface area contributed by atoms with Crippen LogP contribution < -0.4 is 10.6 Å². The van der Waals surface area contributed by atoms with Crippen LogP contribution in [0.2, 0.25) is 10.0 Å². The minimum atomic E-state index is -0.102. The second kappa shape index (κ2) is 6.28. The first-order valence-electron chi connectivity index (χ1n) is 6.95. The summed E-state index contributed by atoms with van der Waals surface area (Å²) in [5.74, 6) is 1.12. The van der Waals surface area contributed by atoms with Gasteiger partial charge in [-0.3, -0.25) is 0 Å². The molecule has 1 aliphatic rings. The molecule has 3 rings (SSSR count). The Bertz CT molecular complexity index is 638. The van der Waals surface area contributed by atoms with Gasteiger partial charge in [0.1, 0.15) is 11.9 Å². The first kappa shape index (κ1) is 15.3. The molecule has 2 N–H and O–H groups in total. The Hall–Kier alpha value is -1.56. The number of nitrogens with two attached hydrogens (primary N) is 1. The SMILES string of the molecule is Cc1cnc(N2CCO[C@H](c3ccc(Cl)c(Cl)c3)C2)nc1N. The Labute approximate surface area is 139 Å². The van der Waals surface area contributed by atoms with Crippen LogP contribution >= 0.6 is 23.2 Å². The Morgan fingerprint density at radius 1 is 1.32 bits per heavy atom. The van der Waals surface area contributed by atoms with Gasteiger partial charge in [-0.05, 0) is 24.6 Å². The fourth-order valence-corrected chi connectivity index (χ4v) is 2.65. The summed E-state index contributed by atoms with van der Waals surface area (Å²) in [6, 6.07) is 5.54. The molecule has 1 aromatic heterocycles. The van der Waals surface area contributed by atoms with Gasteiger partial charge in [0.2, 0.25) is 5.95 Å². The fourth-order valence-electron chi connectivity index (χ4n) is 2.34. The van der Waals surface area contributed by atoms with Gasteiger partial charge in [0.25, 0.3) is 0 Å². The number of hydrogen-bond acceptors (Lipinski definition) is 5. The molecule has 1 aromatic carbocycles. The molecule has 116 valence electrons. The molecule has 0 bridgehead atoms. The highest BCUT2D eigenvalue weighted by atomic mass is 35.5. The van der Waals surface area contributed by atoms with Gasteiger partial charge < -0.3 is 15.4 Å². The van der Waals surface area contributed by atoms with Crippen molar-refractivity contribution >= 4 is 35.0 Å². The molecular formula is C15H16Cl2N4O. The summed E-state index contributed by atoms with van der Waals surface area (Å²) in [6.45, 7) is 3.83. The van der Waals surface area contributed by atoms with E-state index in [4.69, 9.17) is 33.7 Å². The number of nitrogens with zero attached hydrogens (tertiary/aromatic N) is 3. The predicted molar refractivity (Wildman–Crippen MR) is 88.5 cm³/mol. The highest BCUT2D eigenvalue weighted by Gasteiger charge is 2.24. The van der Waals surface area contributed by atoms with E-state index in [9.17, 15) is 0 Å². The lowest BCUT2D eigenvalue weighted by Crippen LogP contribution is -2.39. The molecule has 0 unspecified atom stereocenters. The van der Waals surface area contributed by atoms with Crippen LogP contribution in [0.4, 0.5) is 11.8 Å². The highest BCUT2D eigenvalue weighted by molar-refractivity contribution is 6.42. The molecule has 1 atom stereocenters. The number of aryl methyl sites for hydroxylation is 1. The number of anilines is 2. The van der Waals surface area contributed by atoms with E-state index in [1.165, 1.54) is 0 Å². The Balaban J connectivity index is 1.81. The maximum Gasteiger partial charge on any atom is 0.227 e. The van der Waals surface area contributed by atoms with E-state index in [-0.39, 0.29) is 6.10 Å². The number of halogens is 2. The number of hydrogen-bond donors (Lipinski definition) is 1. The molecule has 1 fully saturated rings. The van der Waals surface area contributed by atoms with E-state index in [0.717, 1.165) is 17.7 Å². The van der Waals surface area contributed by atoms with E-state index < -0.39 is 0 Å². The summed E-state index contributed by atoms with van der Waals surface area (Å²) in [5.41, 5.74) is 7.73. The Morgan fingerprint density at radius 2 is 2.14 bits per heavy atom. The van der Waals surface area contributed by atoms with Gasteiger partial charge in [0.05, 0.1) is 23.2 Å². The van der Waals surface area contributed by atoms with Crippen molar-refractivity contribution in [3.8, 4) is 0 Å². The molecule has 2 heterocycles. The van der Waals surface area contributed by atoms with Gasteiger partial charge in [-0.15, -0.1) is 0 Å². The monoisotopic (exact) mass is 338 g/mol. The standard InChI is InChI=1S/C15H16Cl2N4O/c1-9-7-19-15(20-14(9)18)21-4-5-22-13(8-21)10-2-3-11(16)12(17)6-10/h2-3,6-7,13H,4-5,8H2,1H3,(H2,18,19,20)/t13-/m0/s1. The summed E-state index contributed by atoms with van der Waals surface area (Å²) in [4.78, 5) is 10.8. The molecule has 7 heteroatoms. The lowest BCUT2D eigenvalue weighted by Gasteiger charge is -2.33. The largest absolute Gasteiger partial charge is 0.383 e. The van der Waals surface area contributed by atoms with Gasteiger partial charge in [0, 0.05) is 18.3 Å². The van der Waals surface area contributed by atoms with E-state index in [2.05, 4.69) is 14.9 Å². The van der Waals surface area contributed by atoms with E-state index in [0.29, 0.717) is 35.0 Å². The molecular weight excluding hydrogens is 323 g/mol. The number of nitrogen functional groups attached to an aromatic ring is 1. The van der Waals surface area contributed by atoms with Crippen molar-refractivity contribution in [1.82, 2.24) is 9.97 Å². The number of benzene rings is 1. The zero-order valence-corrected chi connectivity index (χ0v) is 13.6. The average molecular weight is 339 g/mol. The molecule has 5 nitrogen and oxygen atoms in total. The van der Waals surface area contributed by atoms with Gasteiger partial charge in [-0.25, -0.2) is 4.98 Å². The third-order valence-corrected chi connectivity index (χ3v) is 4.40. The van der Waals surface area contributed by atoms with Crippen LogP contribution in [0.15, 0.2) is 24.4 Å². The molecule has 1 aliphatic heterocycles.